The minimum absolute atomic E-state index is 0.195. The van der Waals surface area contributed by atoms with E-state index < -0.39 is 9.84 Å². The van der Waals surface area contributed by atoms with E-state index in [-0.39, 0.29) is 17.4 Å². The molecule has 76 valence electrons. The molecule has 0 N–H and O–H groups in total. The minimum Gasteiger partial charge on any atom is -0.229 e. The Hall–Kier alpha value is -0.560. The van der Waals surface area contributed by atoms with Crippen molar-refractivity contribution in [3.63, 3.8) is 0 Å². The zero-order valence-electron chi connectivity index (χ0n) is 8.28. The van der Waals surface area contributed by atoms with Gasteiger partial charge in [-0.15, -0.1) is 0 Å². The summed E-state index contributed by atoms with van der Waals surface area (Å²) in [7, 11) is -2.87. The lowest BCUT2D eigenvalue weighted by molar-refractivity contribution is 0.578. The molecule has 13 heavy (non-hydrogen) atoms. The zero-order valence-corrected chi connectivity index (χ0v) is 9.10. The standard InChI is InChI=1S/C9H17NO2S/c1-9(2)8-13(11,12)7-5-3-4-6-10/h9H,3-5,7-8H2,1-2H3. The molecule has 0 radical (unpaired) electrons. The summed E-state index contributed by atoms with van der Waals surface area (Å²) in [4.78, 5) is 0. The highest BCUT2D eigenvalue weighted by Gasteiger charge is 2.11. The number of hydrogen-bond donors (Lipinski definition) is 0. The Bertz CT molecular complexity index is 262. The van der Waals surface area contributed by atoms with Gasteiger partial charge in [0.2, 0.25) is 0 Å². The van der Waals surface area contributed by atoms with E-state index in [0.29, 0.717) is 19.3 Å². The summed E-state index contributed by atoms with van der Waals surface area (Å²) in [6.07, 6.45) is 1.76. The first-order valence-electron chi connectivity index (χ1n) is 4.55. The third kappa shape index (κ3) is 7.79. The van der Waals surface area contributed by atoms with Crippen LogP contribution in [0.4, 0.5) is 0 Å². The van der Waals surface area contributed by atoms with Gasteiger partial charge in [0.05, 0.1) is 17.6 Å². The van der Waals surface area contributed by atoms with Crippen LogP contribution >= 0.6 is 0 Å². The molecule has 0 atom stereocenters. The highest BCUT2D eigenvalue weighted by molar-refractivity contribution is 7.91. The summed E-state index contributed by atoms with van der Waals surface area (Å²) >= 11 is 0. The molecule has 0 aliphatic heterocycles. The largest absolute Gasteiger partial charge is 0.229 e. The number of nitrogens with zero attached hydrogens (tertiary/aromatic N) is 1. The van der Waals surface area contributed by atoms with Gasteiger partial charge < -0.3 is 0 Å². The monoisotopic (exact) mass is 203 g/mol. The van der Waals surface area contributed by atoms with Gasteiger partial charge in [0, 0.05) is 6.42 Å². The second-order valence-corrected chi connectivity index (χ2v) is 5.85. The van der Waals surface area contributed by atoms with Crippen molar-refractivity contribution in [2.75, 3.05) is 11.5 Å². The average molecular weight is 203 g/mol. The van der Waals surface area contributed by atoms with Gasteiger partial charge in [-0.25, -0.2) is 8.42 Å². The molecular formula is C9H17NO2S. The summed E-state index contributed by atoms with van der Waals surface area (Å²) in [5.74, 6) is 0.688. The summed E-state index contributed by atoms with van der Waals surface area (Å²) in [6, 6.07) is 2.00. The summed E-state index contributed by atoms with van der Waals surface area (Å²) in [5.41, 5.74) is 0. The molecule has 0 aromatic carbocycles. The van der Waals surface area contributed by atoms with E-state index in [1.807, 2.05) is 19.9 Å². The van der Waals surface area contributed by atoms with Crippen LogP contribution in [-0.2, 0) is 9.84 Å². The zero-order chi connectivity index (χ0) is 10.3. The third-order valence-electron chi connectivity index (χ3n) is 1.58. The van der Waals surface area contributed by atoms with Crippen molar-refractivity contribution >= 4 is 9.84 Å². The molecule has 0 rings (SSSR count). The lowest BCUT2D eigenvalue weighted by Crippen LogP contribution is -2.15. The van der Waals surface area contributed by atoms with Crippen molar-refractivity contribution in [1.29, 1.82) is 5.26 Å². The molecule has 3 nitrogen and oxygen atoms in total. The van der Waals surface area contributed by atoms with E-state index in [9.17, 15) is 8.42 Å². The number of nitriles is 1. The minimum atomic E-state index is -2.87. The van der Waals surface area contributed by atoms with Crippen LogP contribution < -0.4 is 0 Å². The van der Waals surface area contributed by atoms with Crippen LogP contribution in [0.3, 0.4) is 0 Å². The molecule has 0 aromatic heterocycles. The SMILES string of the molecule is CC(C)CS(=O)(=O)CCCCC#N. The molecule has 0 aliphatic carbocycles. The van der Waals surface area contributed by atoms with Crippen LogP contribution in [-0.4, -0.2) is 19.9 Å². The first kappa shape index (κ1) is 12.4. The quantitative estimate of drug-likeness (QED) is 0.618. The third-order valence-corrected chi connectivity index (χ3v) is 3.67. The summed E-state index contributed by atoms with van der Waals surface area (Å²) in [6.45, 7) is 3.79. The maximum Gasteiger partial charge on any atom is 0.150 e. The molecule has 0 aromatic rings. The fraction of sp³-hybridized carbons (Fsp3) is 0.889. The van der Waals surface area contributed by atoms with E-state index in [0.717, 1.165) is 0 Å². The Morgan fingerprint density at radius 3 is 2.38 bits per heavy atom. The molecule has 0 bridgehead atoms. The molecule has 0 spiro atoms. The van der Waals surface area contributed by atoms with Crippen LogP contribution in [0.5, 0.6) is 0 Å². The molecule has 0 saturated heterocycles. The molecule has 0 heterocycles. The number of unbranched alkanes of at least 4 members (excludes halogenated alkanes) is 2. The summed E-state index contributed by atoms with van der Waals surface area (Å²) < 4.78 is 22.6. The molecular weight excluding hydrogens is 186 g/mol. The van der Waals surface area contributed by atoms with Crippen LogP contribution in [0.25, 0.3) is 0 Å². The van der Waals surface area contributed by atoms with E-state index in [1.54, 1.807) is 0 Å². The van der Waals surface area contributed by atoms with E-state index in [4.69, 9.17) is 5.26 Å². The normalized spacial score (nSPS) is 11.5. The predicted octanol–water partition coefficient (Wildman–Crippen LogP) is 1.75. The summed E-state index contributed by atoms with van der Waals surface area (Å²) in [5, 5.41) is 8.24. The first-order valence-corrected chi connectivity index (χ1v) is 6.37. The molecule has 4 heteroatoms. The van der Waals surface area contributed by atoms with Crippen LogP contribution in [0, 0.1) is 17.2 Å². The van der Waals surface area contributed by atoms with Crippen molar-refractivity contribution in [3.05, 3.63) is 0 Å². The highest BCUT2D eigenvalue weighted by Crippen LogP contribution is 2.04. The molecule has 0 saturated carbocycles. The average Bonchev–Trinajstić information content (AvgIpc) is 1.95. The van der Waals surface area contributed by atoms with Gasteiger partial charge in [0.25, 0.3) is 0 Å². The Morgan fingerprint density at radius 1 is 1.31 bits per heavy atom. The van der Waals surface area contributed by atoms with Crippen molar-refractivity contribution in [1.82, 2.24) is 0 Å². The maximum absolute atomic E-state index is 11.3. The van der Waals surface area contributed by atoms with Crippen molar-refractivity contribution < 1.29 is 8.42 Å². The van der Waals surface area contributed by atoms with E-state index in [2.05, 4.69) is 0 Å². The van der Waals surface area contributed by atoms with Crippen LogP contribution in [0.15, 0.2) is 0 Å². The van der Waals surface area contributed by atoms with Crippen molar-refractivity contribution in [3.8, 4) is 6.07 Å². The topological polar surface area (TPSA) is 57.9 Å². The Balaban J connectivity index is 3.72. The molecule has 0 amide bonds. The first-order chi connectivity index (χ1) is 5.98. The number of hydrogen-bond acceptors (Lipinski definition) is 3. The highest BCUT2D eigenvalue weighted by atomic mass is 32.2. The molecule has 0 fully saturated rings. The van der Waals surface area contributed by atoms with E-state index >= 15 is 0 Å². The fourth-order valence-electron chi connectivity index (χ4n) is 1.12. The maximum atomic E-state index is 11.3. The predicted molar refractivity (Wildman–Crippen MR) is 53.0 cm³/mol. The van der Waals surface area contributed by atoms with Crippen molar-refractivity contribution in [2.24, 2.45) is 5.92 Å². The van der Waals surface area contributed by atoms with Gasteiger partial charge in [-0.3, -0.25) is 0 Å². The second-order valence-electron chi connectivity index (χ2n) is 3.62. The van der Waals surface area contributed by atoms with Gasteiger partial charge in [-0.2, -0.15) is 5.26 Å². The van der Waals surface area contributed by atoms with Gasteiger partial charge >= 0.3 is 0 Å². The Morgan fingerprint density at radius 2 is 1.92 bits per heavy atom. The van der Waals surface area contributed by atoms with Crippen molar-refractivity contribution in [2.45, 2.75) is 33.1 Å². The van der Waals surface area contributed by atoms with Gasteiger partial charge in [0.15, 0.2) is 9.84 Å². The Kier molecular flexibility index (Phi) is 5.72. The van der Waals surface area contributed by atoms with Crippen LogP contribution in [0.2, 0.25) is 0 Å². The lowest BCUT2D eigenvalue weighted by Gasteiger charge is -2.05. The number of rotatable bonds is 6. The number of sulfone groups is 1. The van der Waals surface area contributed by atoms with Gasteiger partial charge in [0.1, 0.15) is 0 Å². The van der Waals surface area contributed by atoms with E-state index in [1.165, 1.54) is 0 Å². The molecule has 0 unspecified atom stereocenters. The fourth-order valence-corrected chi connectivity index (χ4v) is 2.94. The molecule has 0 aliphatic rings. The van der Waals surface area contributed by atoms with Crippen LogP contribution in [0.1, 0.15) is 33.1 Å². The van der Waals surface area contributed by atoms with Gasteiger partial charge in [-0.05, 0) is 18.8 Å². The smallest absolute Gasteiger partial charge is 0.150 e. The Labute approximate surface area is 80.7 Å². The van der Waals surface area contributed by atoms with Gasteiger partial charge in [-0.1, -0.05) is 13.8 Å². The second kappa shape index (κ2) is 5.98. The lowest BCUT2D eigenvalue weighted by atomic mass is 10.3.